The predicted molar refractivity (Wildman–Crippen MR) is 80.5 cm³/mol. The van der Waals surface area contributed by atoms with Crippen molar-refractivity contribution in [2.75, 3.05) is 14.2 Å². The Morgan fingerprint density at radius 1 is 1.05 bits per heavy atom. The predicted octanol–water partition coefficient (Wildman–Crippen LogP) is 3.53. The summed E-state index contributed by atoms with van der Waals surface area (Å²) in [6.07, 6.45) is 2.02. The summed E-state index contributed by atoms with van der Waals surface area (Å²) < 4.78 is 11.0. The monoisotopic (exact) mass is 275 g/mol. The van der Waals surface area contributed by atoms with E-state index in [1.165, 1.54) is 5.39 Å². The summed E-state index contributed by atoms with van der Waals surface area (Å²) in [5.41, 5.74) is 2.21. The molecule has 0 spiro atoms. The summed E-state index contributed by atoms with van der Waals surface area (Å²) >= 11 is 0. The van der Waals surface area contributed by atoms with E-state index in [0.29, 0.717) is 0 Å². The third kappa shape index (κ3) is 3.62. The van der Waals surface area contributed by atoms with Crippen LogP contribution in [-0.2, 0) is 15.3 Å². The van der Waals surface area contributed by atoms with Crippen LogP contribution < -0.4 is 0 Å². The van der Waals surface area contributed by atoms with Crippen LogP contribution in [0.25, 0.3) is 10.9 Å². The summed E-state index contributed by atoms with van der Waals surface area (Å²) in [4.78, 5) is 4.68. The van der Waals surface area contributed by atoms with Gasteiger partial charge in [-0.05, 0) is 37.6 Å². The van der Waals surface area contributed by atoms with Crippen LogP contribution >= 0.6 is 0 Å². The van der Waals surface area contributed by atoms with Gasteiger partial charge in [0.1, 0.15) is 0 Å². The van der Waals surface area contributed by atoms with E-state index in [0.717, 1.165) is 30.1 Å². The van der Waals surface area contributed by atoms with Gasteiger partial charge in [0.25, 0.3) is 0 Å². The van der Waals surface area contributed by atoms with Crippen molar-refractivity contribution in [1.29, 1.82) is 0 Å². The van der Waals surface area contributed by atoms with Crippen LogP contribution in [0.15, 0.2) is 36.4 Å². The lowest BCUT2D eigenvalue weighted by molar-refractivity contribution is 0.248. The Morgan fingerprint density at radius 3 is 2.53 bits per heavy atom. The second kappa shape index (κ2) is 6.28. The lowest BCUT2D eigenvalue weighted by Crippen LogP contribution is -2.35. The van der Waals surface area contributed by atoms with Crippen molar-refractivity contribution in [1.82, 2.24) is 4.98 Å². The number of pyridine rings is 1. The molecule has 0 atom stereocenters. The fourth-order valence-electron chi connectivity index (χ4n) is 2.13. The molecule has 2 rings (SSSR count). The van der Waals surface area contributed by atoms with Gasteiger partial charge in [-0.1, -0.05) is 24.3 Å². The van der Waals surface area contributed by atoms with Crippen LogP contribution in [0.5, 0.6) is 0 Å². The summed E-state index contributed by atoms with van der Waals surface area (Å²) in [5.74, 6) is 0. The first-order valence-electron chi connectivity index (χ1n) is 6.62. The summed E-state index contributed by atoms with van der Waals surface area (Å²) in [6, 6.07) is 13.5. The number of nitrogens with zero attached hydrogens (tertiary/aromatic N) is 1. The van der Waals surface area contributed by atoms with Gasteiger partial charge < -0.3 is 8.85 Å². The summed E-state index contributed by atoms with van der Waals surface area (Å²) in [7, 11) is 1.55. The minimum absolute atomic E-state index is 0.972. The zero-order chi connectivity index (χ0) is 13.7. The van der Waals surface area contributed by atoms with Crippen LogP contribution in [-0.4, -0.2) is 27.8 Å². The third-order valence-electron chi connectivity index (χ3n) is 3.58. The highest BCUT2D eigenvalue weighted by atomic mass is 28.4. The summed E-state index contributed by atoms with van der Waals surface area (Å²) in [5, 5.41) is 1.19. The molecule has 0 fully saturated rings. The average molecular weight is 275 g/mol. The molecular weight excluding hydrogens is 254 g/mol. The zero-order valence-corrected chi connectivity index (χ0v) is 12.8. The molecule has 0 aliphatic carbocycles. The zero-order valence-electron chi connectivity index (χ0n) is 11.8. The largest absolute Gasteiger partial charge is 0.398 e. The molecule has 0 saturated carbocycles. The minimum Gasteiger partial charge on any atom is -0.398 e. The molecule has 0 unspecified atom stereocenters. The normalized spacial score (nSPS) is 11.9. The number of hydrogen-bond acceptors (Lipinski definition) is 3. The van der Waals surface area contributed by atoms with E-state index >= 15 is 0 Å². The van der Waals surface area contributed by atoms with Gasteiger partial charge in [0, 0.05) is 25.3 Å². The molecule has 0 aliphatic rings. The van der Waals surface area contributed by atoms with Crippen LogP contribution in [0.4, 0.5) is 0 Å². The molecule has 1 aromatic heterocycles. The third-order valence-corrected chi connectivity index (χ3v) is 6.57. The highest BCUT2D eigenvalue weighted by molar-refractivity contribution is 6.65. The Morgan fingerprint density at radius 2 is 1.79 bits per heavy atom. The molecule has 0 bridgehead atoms. The molecule has 0 N–H and O–H groups in total. The van der Waals surface area contributed by atoms with Gasteiger partial charge in [-0.25, -0.2) is 0 Å². The Kier molecular flexibility index (Phi) is 4.69. The van der Waals surface area contributed by atoms with Crippen molar-refractivity contribution in [2.24, 2.45) is 0 Å². The van der Waals surface area contributed by atoms with Crippen molar-refractivity contribution >= 4 is 19.5 Å². The van der Waals surface area contributed by atoms with Crippen LogP contribution in [0.1, 0.15) is 12.1 Å². The minimum atomic E-state index is -1.93. The standard InChI is InChI=1S/C15H21NO2Si/c1-17-19(3,18-2)12-6-8-14-11-10-13-7-4-5-9-15(13)16-14/h4-5,7,9-11H,6,8,12H2,1-3H3. The number of rotatable bonds is 6. The molecule has 0 amide bonds. The molecular formula is C15H21NO2Si. The van der Waals surface area contributed by atoms with E-state index in [2.05, 4.69) is 35.8 Å². The van der Waals surface area contributed by atoms with Gasteiger partial charge in [-0.2, -0.15) is 0 Å². The molecule has 2 aromatic rings. The lowest BCUT2D eigenvalue weighted by Gasteiger charge is -2.22. The van der Waals surface area contributed by atoms with Gasteiger partial charge in [0.15, 0.2) is 0 Å². The molecule has 0 saturated heterocycles. The topological polar surface area (TPSA) is 31.4 Å². The van der Waals surface area contributed by atoms with Gasteiger partial charge in [-0.3, -0.25) is 4.98 Å². The maximum absolute atomic E-state index is 5.49. The van der Waals surface area contributed by atoms with E-state index in [-0.39, 0.29) is 0 Å². The van der Waals surface area contributed by atoms with Crippen LogP contribution in [0, 0.1) is 0 Å². The molecule has 102 valence electrons. The number of hydrogen-bond donors (Lipinski definition) is 0. The SMILES string of the molecule is CO[Si](C)(CCCc1ccc2ccccc2n1)OC. The van der Waals surface area contributed by atoms with Crippen molar-refractivity contribution in [2.45, 2.75) is 25.4 Å². The van der Waals surface area contributed by atoms with Gasteiger partial charge in [-0.15, -0.1) is 0 Å². The Labute approximate surface area is 115 Å². The molecule has 3 nitrogen and oxygen atoms in total. The Balaban J connectivity index is 1.98. The maximum atomic E-state index is 5.49. The number of fused-ring (bicyclic) bond motifs is 1. The molecule has 1 heterocycles. The van der Waals surface area contributed by atoms with E-state index < -0.39 is 8.56 Å². The highest BCUT2D eigenvalue weighted by Gasteiger charge is 2.27. The summed E-state index contributed by atoms with van der Waals surface area (Å²) in [6.45, 7) is 2.10. The second-order valence-electron chi connectivity index (χ2n) is 4.89. The first-order chi connectivity index (χ1) is 9.17. The molecule has 4 heteroatoms. The highest BCUT2D eigenvalue weighted by Crippen LogP contribution is 2.17. The van der Waals surface area contributed by atoms with Crippen molar-refractivity contribution in [3.63, 3.8) is 0 Å². The number of para-hydroxylation sites is 1. The first-order valence-corrected chi connectivity index (χ1v) is 9.14. The maximum Gasteiger partial charge on any atom is 0.334 e. The van der Waals surface area contributed by atoms with Gasteiger partial charge in [0.05, 0.1) is 5.52 Å². The Hall–Kier alpha value is -1.23. The van der Waals surface area contributed by atoms with E-state index in [9.17, 15) is 0 Å². The lowest BCUT2D eigenvalue weighted by atomic mass is 10.1. The number of aryl methyl sites for hydroxylation is 1. The van der Waals surface area contributed by atoms with Crippen molar-refractivity contribution < 1.29 is 8.85 Å². The van der Waals surface area contributed by atoms with Crippen molar-refractivity contribution in [3.05, 3.63) is 42.1 Å². The van der Waals surface area contributed by atoms with Crippen LogP contribution in [0.3, 0.4) is 0 Å². The molecule has 0 aliphatic heterocycles. The molecule has 19 heavy (non-hydrogen) atoms. The van der Waals surface area contributed by atoms with E-state index in [1.807, 2.05) is 12.1 Å². The molecule has 0 radical (unpaired) electrons. The first kappa shape index (κ1) is 14.2. The van der Waals surface area contributed by atoms with E-state index in [1.54, 1.807) is 14.2 Å². The quantitative estimate of drug-likeness (QED) is 0.756. The van der Waals surface area contributed by atoms with Crippen molar-refractivity contribution in [3.8, 4) is 0 Å². The second-order valence-corrected chi connectivity index (χ2v) is 8.48. The fraction of sp³-hybridized carbons (Fsp3) is 0.400. The fourth-order valence-corrected chi connectivity index (χ4v) is 3.52. The average Bonchev–Trinajstić information content (AvgIpc) is 2.47. The van der Waals surface area contributed by atoms with Crippen LogP contribution in [0.2, 0.25) is 12.6 Å². The Bertz CT molecular complexity index is 540. The van der Waals surface area contributed by atoms with E-state index in [4.69, 9.17) is 8.85 Å². The van der Waals surface area contributed by atoms with Gasteiger partial charge in [0.2, 0.25) is 0 Å². The smallest absolute Gasteiger partial charge is 0.334 e. The number of benzene rings is 1. The molecule has 1 aromatic carbocycles. The number of aromatic nitrogens is 1. The van der Waals surface area contributed by atoms with Gasteiger partial charge >= 0.3 is 8.56 Å².